The van der Waals surface area contributed by atoms with Crippen molar-refractivity contribution in [3.8, 4) is 0 Å². The van der Waals surface area contributed by atoms with Gasteiger partial charge in [-0.1, -0.05) is 51.9 Å². The first-order chi connectivity index (χ1) is 9.99. The van der Waals surface area contributed by atoms with Crippen LogP contribution in [0.15, 0.2) is 0 Å². The molecule has 5 heteroatoms. The maximum absolute atomic E-state index is 10.3. The number of carboxylic acid groups (broad SMARTS) is 1. The number of hydrogen-bond donors (Lipinski definition) is 4. The molecule has 0 aliphatic rings. The Morgan fingerprint density at radius 2 is 1.29 bits per heavy atom. The van der Waals surface area contributed by atoms with Crippen LogP contribution in [0.3, 0.4) is 0 Å². The lowest BCUT2D eigenvalue weighted by molar-refractivity contribution is -0.137. The molecule has 0 heterocycles. The van der Waals surface area contributed by atoms with E-state index in [9.17, 15) is 20.1 Å². The summed E-state index contributed by atoms with van der Waals surface area (Å²) in [4.78, 5) is 10.3. The molecular weight excluding hydrogens is 272 g/mol. The third kappa shape index (κ3) is 11.7. The van der Waals surface area contributed by atoms with Gasteiger partial charge in [0.2, 0.25) is 0 Å². The van der Waals surface area contributed by atoms with Crippen LogP contribution in [0.5, 0.6) is 0 Å². The van der Waals surface area contributed by atoms with E-state index in [2.05, 4.69) is 6.92 Å². The number of hydrogen-bond acceptors (Lipinski definition) is 4. The molecule has 0 aromatic carbocycles. The second kappa shape index (κ2) is 13.0. The first-order valence-corrected chi connectivity index (χ1v) is 8.25. The van der Waals surface area contributed by atoms with Crippen molar-refractivity contribution in [3.05, 3.63) is 0 Å². The van der Waals surface area contributed by atoms with Gasteiger partial charge in [0.25, 0.3) is 0 Å². The summed E-state index contributed by atoms with van der Waals surface area (Å²) in [5, 5.41) is 38.0. The van der Waals surface area contributed by atoms with E-state index in [1.54, 1.807) is 0 Å². The highest BCUT2D eigenvalue weighted by Gasteiger charge is 2.23. The molecule has 0 saturated heterocycles. The minimum Gasteiger partial charge on any atom is -0.481 e. The molecule has 3 atom stereocenters. The van der Waals surface area contributed by atoms with Gasteiger partial charge in [-0.05, 0) is 19.3 Å². The molecule has 0 aliphatic carbocycles. The van der Waals surface area contributed by atoms with E-state index in [1.807, 2.05) is 0 Å². The smallest absolute Gasteiger partial charge is 0.303 e. The van der Waals surface area contributed by atoms with Gasteiger partial charge in [-0.3, -0.25) is 4.79 Å². The van der Waals surface area contributed by atoms with Crippen molar-refractivity contribution in [2.24, 2.45) is 0 Å². The Bertz CT molecular complexity index is 257. The summed E-state index contributed by atoms with van der Waals surface area (Å²) in [5.74, 6) is -0.781. The minimum atomic E-state index is -1.08. The van der Waals surface area contributed by atoms with Crippen LogP contribution in [0.2, 0.25) is 0 Å². The average Bonchev–Trinajstić information content (AvgIpc) is 2.45. The topological polar surface area (TPSA) is 98.0 Å². The lowest BCUT2D eigenvalue weighted by atomic mass is 9.97. The van der Waals surface area contributed by atoms with Crippen LogP contribution in [-0.2, 0) is 4.79 Å². The first kappa shape index (κ1) is 20.3. The van der Waals surface area contributed by atoms with E-state index < -0.39 is 24.3 Å². The van der Waals surface area contributed by atoms with E-state index in [1.165, 1.54) is 0 Å². The normalized spacial score (nSPS) is 15.6. The highest BCUT2D eigenvalue weighted by Crippen LogP contribution is 2.15. The van der Waals surface area contributed by atoms with Crippen LogP contribution in [0, 0.1) is 0 Å². The molecule has 5 nitrogen and oxygen atoms in total. The lowest BCUT2D eigenvalue weighted by Crippen LogP contribution is -2.37. The summed E-state index contributed by atoms with van der Waals surface area (Å²) in [6.45, 7) is 2.12. The van der Waals surface area contributed by atoms with E-state index in [0.717, 1.165) is 44.9 Å². The molecule has 0 spiro atoms. The van der Waals surface area contributed by atoms with Crippen LogP contribution in [0.25, 0.3) is 0 Å². The highest BCUT2D eigenvalue weighted by molar-refractivity contribution is 5.66. The van der Waals surface area contributed by atoms with E-state index in [-0.39, 0.29) is 6.42 Å². The molecule has 21 heavy (non-hydrogen) atoms. The largest absolute Gasteiger partial charge is 0.481 e. The number of aliphatic hydroxyl groups excluding tert-OH is 3. The van der Waals surface area contributed by atoms with Crippen LogP contribution in [-0.4, -0.2) is 44.7 Å². The van der Waals surface area contributed by atoms with E-state index in [0.29, 0.717) is 19.3 Å². The van der Waals surface area contributed by atoms with Gasteiger partial charge in [0.15, 0.2) is 0 Å². The van der Waals surface area contributed by atoms with Crippen molar-refractivity contribution in [2.45, 2.75) is 95.9 Å². The van der Waals surface area contributed by atoms with E-state index in [4.69, 9.17) is 5.11 Å². The predicted molar refractivity (Wildman–Crippen MR) is 82.1 cm³/mol. The van der Waals surface area contributed by atoms with Gasteiger partial charge in [-0.15, -0.1) is 0 Å². The average molecular weight is 304 g/mol. The van der Waals surface area contributed by atoms with Gasteiger partial charge in [-0.2, -0.15) is 0 Å². The molecule has 0 aromatic rings. The predicted octanol–water partition coefficient (Wildman–Crippen LogP) is 2.46. The zero-order chi connectivity index (χ0) is 16.1. The number of carboxylic acids is 1. The van der Waals surface area contributed by atoms with Crippen molar-refractivity contribution in [1.82, 2.24) is 0 Å². The van der Waals surface area contributed by atoms with Crippen molar-refractivity contribution >= 4 is 5.97 Å². The zero-order valence-electron chi connectivity index (χ0n) is 13.2. The fourth-order valence-corrected chi connectivity index (χ4v) is 2.36. The molecule has 0 aliphatic heterocycles. The van der Waals surface area contributed by atoms with Gasteiger partial charge in [0.1, 0.15) is 6.10 Å². The van der Waals surface area contributed by atoms with Crippen molar-refractivity contribution < 1.29 is 25.2 Å². The van der Waals surface area contributed by atoms with Gasteiger partial charge in [-0.25, -0.2) is 0 Å². The molecule has 0 bridgehead atoms. The molecule has 0 rings (SSSR count). The molecule has 0 saturated carbocycles. The Hall–Kier alpha value is -0.650. The zero-order valence-corrected chi connectivity index (χ0v) is 13.2. The maximum atomic E-state index is 10.3. The third-order valence-electron chi connectivity index (χ3n) is 3.78. The molecule has 0 radical (unpaired) electrons. The summed E-state index contributed by atoms with van der Waals surface area (Å²) in [7, 11) is 0. The quantitative estimate of drug-likeness (QED) is 0.370. The molecule has 0 aromatic heterocycles. The Morgan fingerprint density at radius 3 is 1.76 bits per heavy atom. The highest BCUT2D eigenvalue weighted by atomic mass is 16.4. The number of unbranched alkanes of at least 4 members (excludes halogenated alkanes) is 6. The summed E-state index contributed by atoms with van der Waals surface area (Å²) in [5.41, 5.74) is 0. The maximum Gasteiger partial charge on any atom is 0.303 e. The van der Waals surface area contributed by atoms with Gasteiger partial charge < -0.3 is 20.4 Å². The Labute approximate surface area is 128 Å². The standard InChI is InChI=1S/C16H32O5/c1-2-3-4-7-10-13(17)16(21)14(18)11-8-5-6-9-12-15(19)20/h13-14,16-18,21H,2-12H2,1H3,(H,19,20). The summed E-state index contributed by atoms with van der Waals surface area (Å²) >= 11 is 0. The van der Waals surface area contributed by atoms with E-state index >= 15 is 0 Å². The monoisotopic (exact) mass is 304 g/mol. The van der Waals surface area contributed by atoms with Gasteiger partial charge in [0, 0.05) is 6.42 Å². The molecule has 126 valence electrons. The Kier molecular flexibility index (Phi) is 12.6. The summed E-state index contributed by atoms with van der Waals surface area (Å²) in [6, 6.07) is 0. The lowest BCUT2D eigenvalue weighted by Gasteiger charge is -2.23. The molecule has 4 N–H and O–H groups in total. The van der Waals surface area contributed by atoms with Crippen LogP contribution < -0.4 is 0 Å². The fourth-order valence-electron chi connectivity index (χ4n) is 2.36. The second-order valence-electron chi connectivity index (χ2n) is 5.82. The number of rotatable bonds is 14. The first-order valence-electron chi connectivity index (χ1n) is 8.25. The van der Waals surface area contributed by atoms with Gasteiger partial charge in [0.05, 0.1) is 12.2 Å². The van der Waals surface area contributed by atoms with Crippen LogP contribution in [0.4, 0.5) is 0 Å². The molecule has 0 fully saturated rings. The van der Waals surface area contributed by atoms with Crippen molar-refractivity contribution in [1.29, 1.82) is 0 Å². The molecular formula is C16H32O5. The Morgan fingerprint density at radius 1 is 0.810 bits per heavy atom. The van der Waals surface area contributed by atoms with Gasteiger partial charge >= 0.3 is 5.97 Å². The Balaban J connectivity index is 3.63. The second-order valence-corrected chi connectivity index (χ2v) is 5.82. The third-order valence-corrected chi connectivity index (χ3v) is 3.78. The minimum absolute atomic E-state index is 0.182. The van der Waals surface area contributed by atoms with Crippen molar-refractivity contribution in [3.63, 3.8) is 0 Å². The van der Waals surface area contributed by atoms with Crippen LogP contribution in [0.1, 0.15) is 77.6 Å². The number of carbonyl (C=O) groups is 1. The number of aliphatic hydroxyl groups is 3. The molecule has 0 amide bonds. The number of aliphatic carboxylic acids is 1. The summed E-state index contributed by atoms with van der Waals surface area (Å²) < 4.78 is 0. The SMILES string of the molecule is CCCCCCC(O)C(O)C(O)CCCCCCC(=O)O. The van der Waals surface area contributed by atoms with Crippen molar-refractivity contribution in [2.75, 3.05) is 0 Å². The molecule has 3 unspecified atom stereocenters. The summed E-state index contributed by atoms with van der Waals surface area (Å²) in [6.07, 6.45) is 5.52. The fraction of sp³-hybridized carbons (Fsp3) is 0.938. The van der Waals surface area contributed by atoms with Crippen LogP contribution >= 0.6 is 0 Å².